The van der Waals surface area contributed by atoms with Crippen LogP contribution in [0.25, 0.3) is 11.1 Å². The van der Waals surface area contributed by atoms with Gasteiger partial charge in [0.1, 0.15) is 5.75 Å². The summed E-state index contributed by atoms with van der Waals surface area (Å²) >= 11 is 0. The number of ether oxygens (including phenoxy) is 1. The molecule has 2 nitrogen and oxygen atoms in total. The maximum atomic E-state index is 13.2. The van der Waals surface area contributed by atoms with Crippen molar-refractivity contribution in [1.82, 2.24) is 0 Å². The SMILES string of the molecule is O=Cc1cc(-c2cc(F)c(F)c(F)c2)ccc1OCC(F)(F)F. The van der Waals surface area contributed by atoms with E-state index in [-0.39, 0.29) is 28.7 Å². The van der Waals surface area contributed by atoms with Gasteiger partial charge in [-0.05, 0) is 35.4 Å². The molecule has 122 valence electrons. The van der Waals surface area contributed by atoms with Crippen LogP contribution in [0.1, 0.15) is 10.4 Å². The lowest BCUT2D eigenvalue weighted by atomic mass is 10.0. The van der Waals surface area contributed by atoms with Crippen molar-refractivity contribution >= 4 is 6.29 Å². The molecule has 0 aliphatic carbocycles. The first-order chi connectivity index (χ1) is 10.7. The highest BCUT2D eigenvalue weighted by atomic mass is 19.4. The standard InChI is InChI=1S/C15H8F6O2/c16-11-4-9(5-12(17)14(11)18)8-1-2-13(10(3-8)6-22)23-7-15(19,20)21/h1-6H,7H2. The van der Waals surface area contributed by atoms with Crippen LogP contribution in [0.15, 0.2) is 30.3 Å². The van der Waals surface area contributed by atoms with E-state index in [0.717, 1.165) is 12.1 Å². The van der Waals surface area contributed by atoms with E-state index in [4.69, 9.17) is 0 Å². The van der Waals surface area contributed by atoms with Crippen LogP contribution < -0.4 is 4.74 Å². The van der Waals surface area contributed by atoms with Gasteiger partial charge in [-0.25, -0.2) is 13.2 Å². The second-order valence-electron chi connectivity index (χ2n) is 4.53. The quantitative estimate of drug-likeness (QED) is 0.467. The summed E-state index contributed by atoms with van der Waals surface area (Å²) < 4.78 is 80.2. The molecule has 2 aromatic carbocycles. The van der Waals surface area contributed by atoms with E-state index in [9.17, 15) is 31.1 Å². The molecule has 0 spiro atoms. The summed E-state index contributed by atoms with van der Waals surface area (Å²) in [5.74, 6) is -4.83. The summed E-state index contributed by atoms with van der Waals surface area (Å²) in [5, 5.41) is 0. The monoisotopic (exact) mass is 334 g/mol. The maximum Gasteiger partial charge on any atom is 0.422 e. The number of aldehydes is 1. The predicted octanol–water partition coefficient (Wildman–Crippen LogP) is 4.52. The molecule has 0 fully saturated rings. The lowest BCUT2D eigenvalue weighted by molar-refractivity contribution is -0.153. The summed E-state index contributed by atoms with van der Waals surface area (Å²) in [6.45, 7) is -1.59. The second kappa shape index (κ2) is 6.31. The molecule has 8 heteroatoms. The fraction of sp³-hybridized carbons (Fsp3) is 0.133. The minimum Gasteiger partial charge on any atom is -0.483 e. The lowest BCUT2D eigenvalue weighted by Crippen LogP contribution is -2.19. The van der Waals surface area contributed by atoms with Crippen molar-refractivity contribution in [3.8, 4) is 16.9 Å². The van der Waals surface area contributed by atoms with Crippen molar-refractivity contribution in [2.45, 2.75) is 6.18 Å². The van der Waals surface area contributed by atoms with Crippen LogP contribution in [-0.2, 0) is 0 Å². The lowest BCUT2D eigenvalue weighted by Gasteiger charge is -2.12. The molecule has 0 amide bonds. The minimum absolute atomic E-state index is 0.0770. The number of halogens is 6. The Hall–Kier alpha value is -2.51. The number of hydrogen-bond acceptors (Lipinski definition) is 2. The molecule has 2 aromatic rings. The van der Waals surface area contributed by atoms with E-state index in [2.05, 4.69) is 4.74 Å². The fourth-order valence-electron chi connectivity index (χ4n) is 1.83. The Balaban J connectivity index is 2.37. The van der Waals surface area contributed by atoms with E-state index in [1.54, 1.807) is 0 Å². The van der Waals surface area contributed by atoms with Crippen LogP contribution in [0.5, 0.6) is 5.75 Å². The Morgan fingerprint density at radius 2 is 1.57 bits per heavy atom. The van der Waals surface area contributed by atoms with Crippen LogP contribution in [0.2, 0.25) is 0 Å². The first-order valence-electron chi connectivity index (χ1n) is 6.15. The molecule has 0 atom stereocenters. The van der Waals surface area contributed by atoms with Crippen molar-refractivity contribution in [3.05, 3.63) is 53.3 Å². The molecule has 0 bridgehead atoms. The van der Waals surface area contributed by atoms with Gasteiger partial charge in [-0.2, -0.15) is 13.2 Å². The van der Waals surface area contributed by atoms with Gasteiger partial charge in [0.25, 0.3) is 0 Å². The number of alkyl halides is 3. The second-order valence-corrected chi connectivity index (χ2v) is 4.53. The van der Waals surface area contributed by atoms with Crippen LogP contribution in [-0.4, -0.2) is 19.1 Å². The highest BCUT2D eigenvalue weighted by Crippen LogP contribution is 2.29. The van der Waals surface area contributed by atoms with Gasteiger partial charge in [-0.1, -0.05) is 6.07 Å². The largest absolute Gasteiger partial charge is 0.483 e. The van der Waals surface area contributed by atoms with Crippen LogP contribution >= 0.6 is 0 Å². The van der Waals surface area contributed by atoms with Crippen LogP contribution in [0.3, 0.4) is 0 Å². The number of carbonyl (C=O) groups is 1. The summed E-state index contributed by atoms with van der Waals surface area (Å²) in [7, 11) is 0. The van der Waals surface area contributed by atoms with Crippen molar-refractivity contribution in [2.75, 3.05) is 6.61 Å². The van der Waals surface area contributed by atoms with E-state index in [1.807, 2.05) is 0 Å². The third-order valence-corrected chi connectivity index (χ3v) is 2.85. The maximum absolute atomic E-state index is 13.2. The van der Waals surface area contributed by atoms with Crippen molar-refractivity contribution < 1.29 is 35.9 Å². The first-order valence-corrected chi connectivity index (χ1v) is 6.15. The third-order valence-electron chi connectivity index (χ3n) is 2.85. The van der Waals surface area contributed by atoms with Crippen LogP contribution in [0.4, 0.5) is 26.3 Å². The van der Waals surface area contributed by atoms with Gasteiger partial charge in [0.15, 0.2) is 30.3 Å². The number of benzene rings is 2. The van der Waals surface area contributed by atoms with Gasteiger partial charge in [-0.3, -0.25) is 4.79 Å². The zero-order valence-electron chi connectivity index (χ0n) is 11.3. The predicted molar refractivity (Wildman–Crippen MR) is 68.7 cm³/mol. The number of carbonyl (C=O) groups excluding carboxylic acids is 1. The average Bonchev–Trinajstić information content (AvgIpc) is 2.49. The van der Waals surface area contributed by atoms with E-state index >= 15 is 0 Å². The normalized spacial score (nSPS) is 11.4. The van der Waals surface area contributed by atoms with E-state index in [0.29, 0.717) is 12.1 Å². The van der Waals surface area contributed by atoms with Gasteiger partial charge in [0.05, 0.1) is 5.56 Å². The molecule has 23 heavy (non-hydrogen) atoms. The average molecular weight is 334 g/mol. The smallest absolute Gasteiger partial charge is 0.422 e. The van der Waals surface area contributed by atoms with Gasteiger partial charge < -0.3 is 4.74 Å². The van der Waals surface area contributed by atoms with E-state index in [1.165, 1.54) is 6.07 Å². The zero-order chi connectivity index (χ0) is 17.2. The highest BCUT2D eigenvalue weighted by molar-refractivity contribution is 5.83. The highest BCUT2D eigenvalue weighted by Gasteiger charge is 2.28. The molecule has 0 radical (unpaired) electrons. The summed E-state index contributed by atoms with van der Waals surface area (Å²) in [5.41, 5.74) is -0.201. The van der Waals surface area contributed by atoms with Crippen LogP contribution in [0, 0.1) is 17.5 Å². The van der Waals surface area contributed by atoms with E-state index < -0.39 is 30.2 Å². The molecule has 0 aliphatic rings. The van der Waals surface area contributed by atoms with Crippen molar-refractivity contribution in [2.24, 2.45) is 0 Å². The summed E-state index contributed by atoms with van der Waals surface area (Å²) in [6, 6.07) is 4.76. The van der Waals surface area contributed by atoms with Gasteiger partial charge in [0, 0.05) is 0 Å². The molecular weight excluding hydrogens is 326 g/mol. The Kier molecular flexibility index (Phi) is 4.63. The molecular formula is C15H8F6O2. The minimum atomic E-state index is -4.58. The summed E-state index contributed by atoms with van der Waals surface area (Å²) in [6.07, 6.45) is -4.34. The van der Waals surface area contributed by atoms with Gasteiger partial charge in [-0.15, -0.1) is 0 Å². The third kappa shape index (κ3) is 4.02. The Morgan fingerprint density at radius 1 is 0.957 bits per heavy atom. The van der Waals surface area contributed by atoms with Crippen molar-refractivity contribution in [3.63, 3.8) is 0 Å². The van der Waals surface area contributed by atoms with Gasteiger partial charge >= 0.3 is 6.18 Å². The Bertz CT molecular complexity index is 716. The molecule has 2 rings (SSSR count). The van der Waals surface area contributed by atoms with Crippen molar-refractivity contribution in [1.29, 1.82) is 0 Å². The molecule has 0 N–H and O–H groups in total. The van der Waals surface area contributed by atoms with Gasteiger partial charge in [0.2, 0.25) is 0 Å². The Labute approximate surface area is 126 Å². The molecule has 0 aromatic heterocycles. The first kappa shape index (κ1) is 16.9. The number of rotatable bonds is 4. The number of hydrogen-bond donors (Lipinski definition) is 0. The Morgan fingerprint density at radius 3 is 2.09 bits per heavy atom. The molecule has 0 saturated carbocycles. The fourth-order valence-corrected chi connectivity index (χ4v) is 1.83. The molecule has 0 heterocycles. The molecule has 0 saturated heterocycles. The summed E-state index contributed by atoms with van der Waals surface area (Å²) in [4.78, 5) is 11.0. The zero-order valence-corrected chi connectivity index (χ0v) is 11.3. The molecule has 0 unspecified atom stereocenters. The topological polar surface area (TPSA) is 26.3 Å². The molecule has 0 aliphatic heterocycles.